The van der Waals surface area contributed by atoms with Crippen molar-refractivity contribution in [2.45, 2.75) is 13.0 Å². The lowest BCUT2D eigenvalue weighted by molar-refractivity contribution is 0.401. The molecule has 0 aliphatic rings. The first-order valence-corrected chi connectivity index (χ1v) is 7.06. The Morgan fingerprint density at radius 1 is 1.10 bits per heavy atom. The summed E-state index contributed by atoms with van der Waals surface area (Å²) in [7, 11) is 6.34. The molecule has 4 heteroatoms. The van der Waals surface area contributed by atoms with E-state index in [-0.39, 0.29) is 0 Å². The van der Waals surface area contributed by atoms with Crippen molar-refractivity contribution in [1.29, 1.82) is 0 Å². The summed E-state index contributed by atoms with van der Waals surface area (Å²) in [6, 6.07) is 8.25. The molecule has 0 bridgehead atoms. The number of para-hydroxylation sites is 1. The molecule has 2 rings (SSSR count). The van der Waals surface area contributed by atoms with Gasteiger partial charge in [-0.25, -0.2) is 0 Å². The van der Waals surface area contributed by atoms with E-state index < -0.39 is 0 Å². The summed E-state index contributed by atoms with van der Waals surface area (Å²) in [5.74, 6) is 0. The fourth-order valence-electron chi connectivity index (χ4n) is 2.50. The van der Waals surface area contributed by atoms with Crippen molar-refractivity contribution < 1.29 is 0 Å². The van der Waals surface area contributed by atoms with E-state index in [1.807, 2.05) is 18.3 Å². The fourth-order valence-corrected chi connectivity index (χ4v) is 2.50. The van der Waals surface area contributed by atoms with Crippen LogP contribution in [0.5, 0.6) is 0 Å². The van der Waals surface area contributed by atoms with Crippen LogP contribution in [-0.2, 0) is 6.54 Å². The van der Waals surface area contributed by atoms with E-state index in [2.05, 4.69) is 48.1 Å². The van der Waals surface area contributed by atoms with Gasteiger partial charge in [-0.2, -0.15) is 0 Å². The van der Waals surface area contributed by atoms with Gasteiger partial charge in [-0.15, -0.1) is 0 Å². The second-order valence-electron chi connectivity index (χ2n) is 5.43. The van der Waals surface area contributed by atoms with Crippen LogP contribution >= 0.6 is 0 Å². The second kappa shape index (κ2) is 6.68. The quantitative estimate of drug-likeness (QED) is 0.874. The molecule has 0 aliphatic carbocycles. The third-order valence-corrected chi connectivity index (χ3v) is 3.52. The second-order valence-corrected chi connectivity index (χ2v) is 5.43. The van der Waals surface area contributed by atoms with E-state index in [4.69, 9.17) is 5.73 Å². The van der Waals surface area contributed by atoms with Gasteiger partial charge in [0.25, 0.3) is 0 Å². The largest absolute Gasteiger partial charge is 0.374 e. The van der Waals surface area contributed by atoms with Gasteiger partial charge in [0.2, 0.25) is 0 Å². The molecular weight excluding hydrogens is 248 g/mol. The minimum Gasteiger partial charge on any atom is -0.374 e. The minimum atomic E-state index is 0.519. The highest BCUT2D eigenvalue weighted by atomic mass is 15.1. The maximum Gasteiger partial charge on any atom is 0.0723 e. The van der Waals surface area contributed by atoms with Crippen molar-refractivity contribution in [1.82, 2.24) is 9.88 Å². The molecule has 0 atom stereocenters. The molecule has 0 aliphatic heterocycles. The molecule has 1 aromatic heterocycles. The van der Waals surface area contributed by atoms with Crippen LogP contribution in [-0.4, -0.2) is 44.1 Å². The molecule has 0 saturated heterocycles. The van der Waals surface area contributed by atoms with Gasteiger partial charge < -0.3 is 15.5 Å². The average molecular weight is 272 g/mol. The number of nitrogens with zero attached hydrogens (tertiary/aromatic N) is 3. The molecule has 0 saturated carbocycles. The number of pyridine rings is 1. The number of hydrogen-bond acceptors (Lipinski definition) is 4. The number of nitrogens with two attached hydrogens (primary N) is 1. The van der Waals surface area contributed by atoms with E-state index in [0.29, 0.717) is 6.54 Å². The van der Waals surface area contributed by atoms with E-state index in [9.17, 15) is 0 Å². The Kier molecular flexibility index (Phi) is 4.93. The first-order valence-electron chi connectivity index (χ1n) is 7.06. The van der Waals surface area contributed by atoms with Gasteiger partial charge in [-0.1, -0.05) is 18.2 Å². The van der Waals surface area contributed by atoms with Crippen LogP contribution in [0.2, 0.25) is 0 Å². The van der Waals surface area contributed by atoms with Crippen LogP contribution in [0.4, 0.5) is 5.69 Å². The van der Waals surface area contributed by atoms with Crippen molar-refractivity contribution in [3.05, 3.63) is 36.0 Å². The van der Waals surface area contributed by atoms with Gasteiger partial charge in [-0.05, 0) is 33.1 Å². The van der Waals surface area contributed by atoms with Crippen LogP contribution in [0, 0.1) is 0 Å². The summed E-state index contributed by atoms with van der Waals surface area (Å²) in [4.78, 5) is 9.00. The van der Waals surface area contributed by atoms with Gasteiger partial charge >= 0.3 is 0 Å². The topological polar surface area (TPSA) is 45.4 Å². The Morgan fingerprint density at radius 2 is 1.85 bits per heavy atom. The van der Waals surface area contributed by atoms with Gasteiger partial charge in [0.15, 0.2) is 0 Å². The third kappa shape index (κ3) is 3.26. The SMILES string of the molecule is CN(C)CCCN(C)c1c(CN)cnc2ccccc12. The summed E-state index contributed by atoms with van der Waals surface area (Å²) >= 11 is 0. The summed E-state index contributed by atoms with van der Waals surface area (Å²) in [6.07, 6.45) is 3.03. The number of hydrogen-bond donors (Lipinski definition) is 1. The van der Waals surface area contributed by atoms with Crippen LogP contribution < -0.4 is 10.6 Å². The molecule has 2 N–H and O–H groups in total. The molecule has 1 aromatic carbocycles. The Labute approximate surface area is 121 Å². The van der Waals surface area contributed by atoms with E-state index in [0.717, 1.165) is 30.6 Å². The molecule has 4 nitrogen and oxygen atoms in total. The number of anilines is 1. The Morgan fingerprint density at radius 3 is 2.55 bits per heavy atom. The highest BCUT2D eigenvalue weighted by molar-refractivity contribution is 5.93. The van der Waals surface area contributed by atoms with Crippen LogP contribution in [0.3, 0.4) is 0 Å². The Hall–Kier alpha value is -1.65. The molecule has 0 amide bonds. The number of benzene rings is 1. The van der Waals surface area contributed by atoms with Gasteiger partial charge in [0, 0.05) is 37.3 Å². The van der Waals surface area contributed by atoms with E-state index in [1.165, 1.54) is 11.1 Å². The lowest BCUT2D eigenvalue weighted by Gasteiger charge is -2.24. The van der Waals surface area contributed by atoms with Crippen LogP contribution in [0.25, 0.3) is 10.9 Å². The molecule has 1 heterocycles. The van der Waals surface area contributed by atoms with E-state index in [1.54, 1.807) is 0 Å². The standard InChI is InChI=1S/C16H24N4/c1-19(2)9-6-10-20(3)16-13(11-17)12-18-15-8-5-4-7-14(15)16/h4-5,7-8,12H,6,9-11,17H2,1-3H3. The normalized spacial score (nSPS) is 11.2. The summed E-state index contributed by atoms with van der Waals surface area (Å²) in [6.45, 7) is 2.62. The number of rotatable bonds is 6. The smallest absolute Gasteiger partial charge is 0.0723 e. The Bertz CT molecular complexity index is 565. The Balaban J connectivity index is 2.30. The van der Waals surface area contributed by atoms with Gasteiger partial charge in [0.05, 0.1) is 11.2 Å². The molecule has 20 heavy (non-hydrogen) atoms. The number of fused-ring (bicyclic) bond motifs is 1. The molecule has 0 unspecified atom stereocenters. The monoisotopic (exact) mass is 272 g/mol. The third-order valence-electron chi connectivity index (χ3n) is 3.52. The molecular formula is C16H24N4. The van der Waals surface area contributed by atoms with Crippen molar-refractivity contribution in [2.24, 2.45) is 5.73 Å². The number of aromatic nitrogens is 1. The molecule has 108 valence electrons. The van der Waals surface area contributed by atoms with Crippen molar-refractivity contribution in [2.75, 3.05) is 39.1 Å². The predicted octanol–water partition coefficient (Wildman–Crippen LogP) is 2.08. The maximum absolute atomic E-state index is 5.88. The fraction of sp³-hybridized carbons (Fsp3) is 0.438. The van der Waals surface area contributed by atoms with Gasteiger partial charge in [0.1, 0.15) is 0 Å². The van der Waals surface area contributed by atoms with Gasteiger partial charge in [-0.3, -0.25) is 4.98 Å². The minimum absolute atomic E-state index is 0.519. The zero-order chi connectivity index (χ0) is 14.5. The maximum atomic E-state index is 5.88. The lowest BCUT2D eigenvalue weighted by atomic mass is 10.1. The van der Waals surface area contributed by atoms with Crippen LogP contribution in [0.1, 0.15) is 12.0 Å². The van der Waals surface area contributed by atoms with Crippen molar-refractivity contribution >= 4 is 16.6 Å². The summed E-state index contributed by atoms with van der Waals surface area (Å²) in [5, 5.41) is 1.18. The molecule has 2 aromatic rings. The molecule has 0 spiro atoms. The summed E-state index contributed by atoms with van der Waals surface area (Å²) < 4.78 is 0. The molecule has 0 fully saturated rings. The zero-order valence-corrected chi connectivity index (χ0v) is 12.6. The lowest BCUT2D eigenvalue weighted by Crippen LogP contribution is -2.25. The molecule has 0 radical (unpaired) electrons. The van der Waals surface area contributed by atoms with Crippen molar-refractivity contribution in [3.63, 3.8) is 0 Å². The first kappa shape index (κ1) is 14.8. The van der Waals surface area contributed by atoms with Crippen LogP contribution in [0.15, 0.2) is 30.5 Å². The summed E-state index contributed by atoms with van der Waals surface area (Å²) in [5.41, 5.74) is 9.24. The van der Waals surface area contributed by atoms with Crippen molar-refractivity contribution in [3.8, 4) is 0 Å². The highest BCUT2D eigenvalue weighted by Gasteiger charge is 2.11. The first-order chi connectivity index (χ1) is 9.63. The highest BCUT2D eigenvalue weighted by Crippen LogP contribution is 2.28. The van der Waals surface area contributed by atoms with E-state index >= 15 is 0 Å². The zero-order valence-electron chi connectivity index (χ0n) is 12.6. The average Bonchev–Trinajstić information content (AvgIpc) is 2.45. The predicted molar refractivity (Wildman–Crippen MR) is 86.1 cm³/mol.